The summed E-state index contributed by atoms with van der Waals surface area (Å²) in [5.74, 6) is -0.218. The molecule has 2 rings (SSSR count). The molecule has 2 aromatic heterocycles. The smallest absolute Gasteiger partial charge is 0.265 e. The Labute approximate surface area is 127 Å². The van der Waals surface area contributed by atoms with E-state index in [0.29, 0.717) is 10.6 Å². The van der Waals surface area contributed by atoms with Crippen molar-refractivity contribution in [1.82, 2.24) is 9.88 Å². The van der Waals surface area contributed by atoms with Crippen LogP contribution in [0, 0.1) is 6.92 Å². The zero-order valence-electron chi connectivity index (χ0n) is 12.3. The molecule has 21 heavy (non-hydrogen) atoms. The van der Waals surface area contributed by atoms with E-state index in [1.165, 1.54) is 23.3 Å². The Bertz CT molecular complexity index is 656. The molecule has 0 bridgehead atoms. The van der Waals surface area contributed by atoms with Crippen molar-refractivity contribution >= 4 is 33.1 Å². The highest BCUT2D eigenvalue weighted by Gasteiger charge is 2.22. The molecule has 2 heterocycles. The number of nitrogen functional groups attached to an aromatic ring is 1. The van der Waals surface area contributed by atoms with Gasteiger partial charge in [-0.25, -0.2) is 4.98 Å². The van der Waals surface area contributed by atoms with E-state index < -0.39 is 6.10 Å². The first-order chi connectivity index (χ1) is 9.95. The first-order valence-electron chi connectivity index (χ1n) is 6.51. The van der Waals surface area contributed by atoms with Crippen LogP contribution in [0.4, 0.5) is 5.69 Å². The highest BCUT2D eigenvalue weighted by atomic mass is 32.1. The number of ether oxygens (including phenoxy) is 1. The fourth-order valence-corrected chi connectivity index (χ4v) is 3.31. The standard InChI is InChI=1S/C14H19N3O3S/c1-8-4-5-16-13-10(8)11(15)12(21-13)14(19)17(2)6-9(18)7-20-3/h4-5,9,18H,6-7,15H2,1-3H3. The SMILES string of the molecule is COCC(O)CN(C)C(=O)c1sc2nccc(C)c2c1N. The van der Waals surface area contributed by atoms with Crippen LogP contribution in [0.3, 0.4) is 0 Å². The molecule has 0 fully saturated rings. The van der Waals surface area contributed by atoms with Crippen LogP contribution in [-0.4, -0.2) is 54.3 Å². The highest BCUT2D eigenvalue weighted by molar-refractivity contribution is 7.21. The van der Waals surface area contributed by atoms with Crippen molar-refractivity contribution in [3.8, 4) is 0 Å². The van der Waals surface area contributed by atoms with E-state index >= 15 is 0 Å². The molecule has 6 nitrogen and oxygen atoms in total. The van der Waals surface area contributed by atoms with Gasteiger partial charge in [-0.15, -0.1) is 11.3 Å². The maximum absolute atomic E-state index is 12.5. The largest absolute Gasteiger partial charge is 0.397 e. The molecule has 1 unspecified atom stereocenters. The third kappa shape index (κ3) is 3.15. The van der Waals surface area contributed by atoms with E-state index in [9.17, 15) is 9.90 Å². The number of nitrogens with two attached hydrogens (primary N) is 1. The number of carbonyl (C=O) groups is 1. The number of fused-ring (bicyclic) bond motifs is 1. The summed E-state index contributed by atoms with van der Waals surface area (Å²) in [6.45, 7) is 2.31. The molecule has 3 N–H and O–H groups in total. The number of rotatable bonds is 5. The lowest BCUT2D eigenvalue weighted by molar-refractivity contribution is 0.0382. The summed E-state index contributed by atoms with van der Waals surface area (Å²) in [6, 6.07) is 1.87. The van der Waals surface area contributed by atoms with E-state index in [1.54, 1.807) is 13.2 Å². The lowest BCUT2D eigenvalue weighted by Crippen LogP contribution is -2.36. The number of hydrogen-bond donors (Lipinski definition) is 2. The number of pyridine rings is 1. The molecule has 0 aliphatic rings. The van der Waals surface area contributed by atoms with E-state index in [4.69, 9.17) is 10.5 Å². The zero-order chi connectivity index (χ0) is 15.6. The van der Waals surface area contributed by atoms with Crippen LogP contribution in [-0.2, 0) is 4.74 Å². The Morgan fingerprint density at radius 1 is 1.62 bits per heavy atom. The van der Waals surface area contributed by atoms with Gasteiger partial charge < -0.3 is 20.5 Å². The Kier molecular flexibility index (Phi) is 4.76. The lowest BCUT2D eigenvalue weighted by atomic mass is 10.1. The summed E-state index contributed by atoms with van der Waals surface area (Å²) in [4.78, 5) is 19.4. The quantitative estimate of drug-likeness (QED) is 0.868. The molecule has 0 spiro atoms. The van der Waals surface area contributed by atoms with Crippen molar-refractivity contribution in [3.05, 3.63) is 22.7 Å². The second kappa shape index (κ2) is 6.38. The van der Waals surface area contributed by atoms with Crippen molar-refractivity contribution < 1.29 is 14.6 Å². The van der Waals surface area contributed by atoms with Crippen LogP contribution >= 0.6 is 11.3 Å². The molecule has 0 saturated carbocycles. The fraction of sp³-hybridized carbons (Fsp3) is 0.429. The number of aliphatic hydroxyl groups excluding tert-OH is 1. The summed E-state index contributed by atoms with van der Waals surface area (Å²) in [7, 11) is 3.13. The first kappa shape index (κ1) is 15.7. The van der Waals surface area contributed by atoms with E-state index in [0.717, 1.165) is 15.8 Å². The first-order valence-corrected chi connectivity index (χ1v) is 7.33. The molecule has 0 saturated heterocycles. The van der Waals surface area contributed by atoms with Crippen molar-refractivity contribution in [2.75, 3.05) is 33.0 Å². The molecule has 1 amide bonds. The van der Waals surface area contributed by atoms with E-state index in [1.807, 2.05) is 13.0 Å². The highest BCUT2D eigenvalue weighted by Crippen LogP contribution is 2.34. The van der Waals surface area contributed by atoms with Gasteiger partial charge in [0.05, 0.1) is 18.4 Å². The van der Waals surface area contributed by atoms with Gasteiger partial charge in [-0.2, -0.15) is 0 Å². The number of aliphatic hydroxyl groups is 1. The van der Waals surface area contributed by atoms with Gasteiger partial charge in [0.2, 0.25) is 0 Å². The van der Waals surface area contributed by atoms with Gasteiger partial charge in [0.25, 0.3) is 5.91 Å². The van der Waals surface area contributed by atoms with Crippen molar-refractivity contribution in [1.29, 1.82) is 0 Å². The third-order valence-electron chi connectivity index (χ3n) is 3.22. The van der Waals surface area contributed by atoms with E-state index in [-0.39, 0.29) is 19.1 Å². The van der Waals surface area contributed by atoms with Crippen molar-refractivity contribution in [3.63, 3.8) is 0 Å². The Morgan fingerprint density at radius 2 is 2.33 bits per heavy atom. The minimum absolute atomic E-state index is 0.181. The zero-order valence-corrected chi connectivity index (χ0v) is 13.1. The Balaban J connectivity index is 2.27. The van der Waals surface area contributed by atoms with Gasteiger partial charge in [-0.05, 0) is 18.6 Å². The maximum atomic E-state index is 12.5. The van der Waals surface area contributed by atoms with Gasteiger partial charge in [-0.3, -0.25) is 4.79 Å². The molecule has 1 atom stereocenters. The van der Waals surface area contributed by atoms with Crippen molar-refractivity contribution in [2.45, 2.75) is 13.0 Å². The van der Waals surface area contributed by atoms with Crippen LogP contribution in [0.25, 0.3) is 10.2 Å². The van der Waals surface area contributed by atoms with Gasteiger partial charge in [0, 0.05) is 32.3 Å². The number of hydrogen-bond acceptors (Lipinski definition) is 6. The molecule has 7 heteroatoms. The number of methoxy groups -OCH3 is 1. The predicted octanol–water partition coefficient (Wildman–Crippen LogP) is 1.27. The number of aryl methyl sites for hydroxylation is 1. The minimum atomic E-state index is -0.723. The number of aromatic nitrogens is 1. The summed E-state index contributed by atoms with van der Waals surface area (Å²) >= 11 is 1.27. The molecular formula is C14H19N3O3S. The van der Waals surface area contributed by atoms with Crippen LogP contribution < -0.4 is 5.73 Å². The maximum Gasteiger partial charge on any atom is 0.265 e. The average molecular weight is 309 g/mol. The van der Waals surface area contributed by atoms with Gasteiger partial charge in [-0.1, -0.05) is 0 Å². The number of nitrogens with zero attached hydrogens (tertiary/aromatic N) is 2. The molecule has 114 valence electrons. The molecule has 0 aliphatic carbocycles. The number of likely N-dealkylation sites (N-methyl/N-ethyl adjacent to an activating group) is 1. The summed E-state index contributed by atoms with van der Waals surface area (Å²) in [5, 5.41) is 10.5. The van der Waals surface area contributed by atoms with Gasteiger partial charge in [0.15, 0.2) is 0 Å². The molecule has 0 radical (unpaired) electrons. The monoisotopic (exact) mass is 309 g/mol. The van der Waals surface area contributed by atoms with E-state index in [2.05, 4.69) is 4.98 Å². The second-order valence-electron chi connectivity index (χ2n) is 4.95. The predicted molar refractivity (Wildman–Crippen MR) is 83.6 cm³/mol. The Hall–Kier alpha value is -1.70. The minimum Gasteiger partial charge on any atom is -0.397 e. The normalized spacial score (nSPS) is 12.6. The van der Waals surface area contributed by atoms with Crippen LogP contribution in [0.15, 0.2) is 12.3 Å². The number of anilines is 1. The topological polar surface area (TPSA) is 88.7 Å². The van der Waals surface area contributed by atoms with Gasteiger partial charge >= 0.3 is 0 Å². The van der Waals surface area contributed by atoms with Gasteiger partial charge in [0.1, 0.15) is 9.71 Å². The van der Waals surface area contributed by atoms with Crippen LogP contribution in [0.1, 0.15) is 15.2 Å². The number of thiophene rings is 1. The summed E-state index contributed by atoms with van der Waals surface area (Å²) in [6.07, 6.45) is 0.980. The number of amides is 1. The summed E-state index contributed by atoms with van der Waals surface area (Å²) < 4.78 is 4.86. The molecule has 0 aliphatic heterocycles. The summed E-state index contributed by atoms with van der Waals surface area (Å²) in [5.41, 5.74) is 7.56. The van der Waals surface area contributed by atoms with Crippen LogP contribution in [0.2, 0.25) is 0 Å². The van der Waals surface area contributed by atoms with Crippen molar-refractivity contribution in [2.24, 2.45) is 0 Å². The van der Waals surface area contributed by atoms with Crippen LogP contribution in [0.5, 0.6) is 0 Å². The second-order valence-corrected chi connectivity index (χ2v) is 5.95. The molecular weight excluding hydrogens is 290 g/mol. The lowest BCUT2D eigenvalue weighted by Gasteiger charge is -2.20. The average Bonchev–Trinajstić information content (AvgIpc) is 2.76. The Morgan fingerprint density at radius 3 is 2.95 bits per heavy atom. The number of carbonyl (C=O) groups excluding carboxylic acids is 1. The third-order valence-corrected chi connectivity index (χ3v) is 4.32. The molecule has 2 aromatic rings. The molecule has 0 aromatic carbocycles. The fourth-order valence-electron chi connectivity index (χ4n) is 2.18.